The van der Waals surface area contributed by atoms with Crippen molar-refractivity contribution < 1.29 is 4.84 Å². The Balaban J connectivity index is 1.99. The van der Waals surface area contributed by atoms with E-state index in [2.05, 4.69) is 12.1 Å². The van der Waals surface area contributed by atoms with Gasteiger partial charge in [0.15, 0.2) is 0 Å². The van der Waals surface area contributed by atoms with Crippen LogP contribution in [0, 0.1) is 5.92 Å². The van der Waals surface area contributed by atoms with E-state index >= 15 is 0 Å². The summed E-state index contributed by atoms with van der Waals surface area (Å²) in [5, 5.41) is 4.08. The van der Waals surface area contributed by atoms with Gasteiger partial charge in [-0.2, -0.15) is 0 Å². The van der Waals surface area contributed by atoms with E-state index < -0.39 is 0 Å². The van der Waals surface area contributed by atoms with Gasteiger partial charge < -0.3 is 4.84 Å². The molecule has 1 fully saturated rings. The molecule has 2 atom stereocenters. The van der Waals surface area contributed by atoms with E-state index in [4.69, 9.17) is 4.84 Å². The Labute approximate surface area is 74.0 Å². The second-order valence-electron chi connectivity index (χ2n) is 3.97. The summed E-state index contributed by atoms with van der Waals surface area (Å²) in [5.41, 5.74) is 1.22. The van der Waals surface area contributed by atoms with Crippen molar-refractivity contribution in [3.05, 3.63) is 0 Å². The number of fused-ring (bicyclic) bond motifs is 1. The minimum absolute atomic E-state index is 0.422. The summed E-state index contributed by atoms with van der Waals surface area (Å²) < 4.78 is 0. The summed E-state index contributed by atoms with van der Waals surface area (Å²) in [5.74, 6) is 0.644. The van der Waals surface area contributed by atoms with Gasteiger partial charge in [0.25, 0.3) is 0 Å². The zero-order chi connectivity index (χ0) is 8.39. The van der Waals surface area contributed by atoms with Crippen molar-refractivity contribution in [2.45, 2.75) is 51.6 Å². The monoisotopic (exact) mass is 167 g/mol. The molecule has 1 saturated carbocycles. The van der Waals surface area contributed by atoms with Crippen molar-refractivity contribution >= 4 is 5.71 Å². The molecule has 0 N–H and O–H groups in total. The normalized spacial score (nSPS) is 35.9. The van der Waals surface area contributed by atoms with E-state index in [1.807, 2.05) is 0 Å². The van der Waals surface area contributed by atoms with E-state index in [1.54, 1.807) is 0 Å². The Hall–Kier alpha value is -0.530. The maximum absolute atomic E-state index is 5.39. The molecule has 0 spiro atoms. The Morgan fingerprint density at radius 2 is 1.92 bits per heavy atom. The lowest BCUT2D eigenvalue weighted by molar-refractivity contribution is 0.0479. The van der Waals surface area contributed by atoms with Crippen molar-refractivity contribution in [1.29, 1.82) is 0 Å². The highest BCUT2D eigenvalue weighted by atomic mass is 16.6. The van der Waals surface area contributed by atoms with Crippen LogP contribution >= 0.6 is 0 Å². The maximum atomic E-state index is 5.39. The second kappa shape index (κ2) is 3.46. The largest absolute Gasteiger partial charge is 0.392 e. The average Bonchev–Trinajstić information content (AvgIpc) is 2.31. The van der Waals surface area contributed by atoms with Crippen LogP contribution in [0.3, 0.4) is 0 Å². The molecule has 2 aliphatic rings. The molecule has 0 bridgehead atoms. The van der Waals surface area contributed by atoms with Crippen LogP contribution in [0.5, 0.6) is 0 Å². The van der Waals surface area contributed by atoms with Crippen LogP contribution in [-0.4, -0.2) is 11.8 Å². The molecule has 2 heteroatoms. The van der Waals surface area contributed by atoms with Gasteiger partial charge in [-0.1, -0.05) is 24.4 Å². The minimum atomic E-state index is 0.422. The Morgan fingerprint density at radius 3 is 2.75 bits per heavy atom. The van der Waals surface area contributed by atoms with Crippen molar-refractivity contribution in [2.24, 2.45) is 11.1 Å². The molecule has 0 aromatic rings. The first kappa shape index (κ1) is 8.09. The molecule has 1 aliphatic heterocycles. The minimum Gasteiger partial charge on any atom is -0.392 e. The van der Waals surface area contributed by atoms with Gasteiger partial charge in [-0.3, -0.25) is 0 Å². The van der Waals surface area contributed by atoms with Gasteiger partial charge in [0.2, 0.25) is 0 Å². The smallest absolute Gasteiger partial charge is 0.135 e. The van der Waals surface area contributed by atoms with Gasteiger partial charge in [-0.25, -0.2) is 0 Å². The van der Waals surface area contributed by atoms with Gasteiger partial charge >= 0.3 is 0 Å². The van der Waals surface area contributed by atoms with E-state index in [-0.39, 0.29) is 0 Å². The molecule has 68 valence electrons. The summed E-state index contributed by atoms with van der Waals surface area (Å²) >= 11 is 0. The van der Waals surface area contributed by atoms with Crippen molar-refractivity contribution in [3.8, 4) is 0 Å². The van der Waals surface area contributed by atoms with Crippen molar-refractivity contribution in [3.63, 3.8) is 0 Å². The summed E-state index contributed by atoms with van der Waals surface area (Å²) in [7, 11) is 0. The van der Waals surface area contributed by atoms with E-state index in [0.717, 1.165) is 0 Å². The quantitative estimate of drug-likeness (QED) is 0.543. The van der Waals surface area contributed by atoms with Crippen LogP contribution in [0.1, 0.15) is 45.4 Å². The summed E-state index contributed by atoms with van der Waals surface area (Å²) in [6.45, 7) is 2.10. The Morgan fingerprint density at radius 1 is 1.17 bits per heavy atom. The van der Waals surface area contributed by atoms with Gasteiger partial charge in [0.1, 0.15) is 6.10 Å². The summed E-state index contributed by atoms with van der Waals surface area (Å²) in [6, 6.07) is 0. The summed E-state index contributed by atoms with van der Waals surface area (Å²) in [6.07, 6.45) is 8.39. The molecule has 2 rings (SSSR count). The van der Waals surface area contributed by atoms with Crippen LogP contribution in [-0.2, 0) is 4.84 Å². The van der Waals surface area contributed by atoms with Crippen LogP contribution < -0.4 is 0 Å². The fourth-order valence-electron chi connectivity index (χ4n) is 2.27. The lowest BCUT2D eigenvalue weighted by Crippen LogP contribution is -2.23. The van der Waals surface area contributed by atoms with E-state index in [1.165, 1.54) is 44.2 Å². The number of nitrogens with zero attached hydrogens (tertiary/aromatic N) is 1. The van der Waals surface area contributed by atoms with E-state index in [9.17, 15) is 0 Å². The lowest BCUT2D eigenvalue weighted by Gasteiger charge is -2.20. The molecular weight excluding hydrogens is 150 g/mol. The third kappa shape index (κ3) is 1.47. The Bertz CT molecular complexity index is 188. The number of hydrogen-bond acceptors (Lipinski definition) is 2. The van der Waals surface area contributed by atoms with Crippen LogP contribution in [0.2, 0.25) is 0 Å². The predicted molar refractivity (Wildman–Crippen MR) is 49.2 cm³/mol. The van der Waals surface area contributed by atoms with Gasteiger partial charge in [-0.15, -0.1) is 0 Å². The van der Waals surface area contributed by atoms with Crippen LogP contribution in [0.4, 0.5) is 0 Å². The molecule has 0 saturated heterocycles. The maximum Gasteiger partial charge on any atom is 0.135 e. The van der Waals surface area contributed by atoms with Gasteiger partial charge in [0, 0.05) is 5.92 Å². The molecule has 1 aliphatic carbocycles. The lowest BCUT2D eigenvalue weighted by atomic mass is 9.86. The predicted octanol–water partition coefficient (Wildman–Crippen LogP) is 2.73. The molecule has 0 aromatic heterocycles. The first-order valence-corrected chi connectivity index (χ1v) is 5.08. The second-order valence-corrected chi connectivity index (χ2v) is 3.97. The zero-order valence-electron chi connectivity index (χ0n) is 7.75. The molecule has 1 heterocycles. The molecule has 2 unspecified atom stereocenters. The highest BCUT2D eigenvalue weighted by Crippen LogP contribution is 2.30. The van der Waals surface area contributed by atoms with E-state index in [0.29, 0.717) is 12.0 Å². The third-order valence-corrected chi connectivity index (χ3v) is 3.07. The molecule has 0 aromatic carbocycles. The fourth-order valence-corrected chi connectivity index (χ4v) is 2.27. The topological polar surface area (TPSA) is 21.6 Å². The highest BCUT2D eigenvalue weighted by Gasteiger charge is 2.31. The Kier molecular flexibility index (Phi) is 2.33. The number of rotatable bonds is 0. The summed E-state index contributed by atoms with van der Waals surface area (Å²) in [4.78, 5) is 5.39. The first-order chi connectivity index (χ1) is 5.88. The molecule has 0 amide bonds. The number of oxime groups is 1. The molecule has 2 nitrogen and oxygen atoms in total. The average molecular weight is 167 g/mol. The molecule has 0 radical (unpaired) electrons. The molecular formula is C10H17NO. The number of hydrogen-bond donors (Lipinski definition) is 0. The highest BCUT2D eigenvalue weighted by molar-refractivity contribution is 5.85. The van der Waals surface area contributed by atoms with Gasteiger partial charge in [0.05, 0.1) is 5.71 Å². The van der Waals surface area contributed by atoms with Crippen molar-refractivity contribution in [1.82, 2.24) is 0 Å². The molecule has 12 heavy (non-hydrogen) atoms. The SMILES string of the molecule is CC1=NOC2CCCCCCC12. The standard InChI is InChI=1S/C10H17NO/c1-8-9-6-4-2-3-5-7-10(9)12-11-8/h9-10H,2-7H2,1H3. The zero-order valence-corrected chi connectivity index (χ0v) is 7.75. The fraction of sp³-hybridized carbons (Fsp3) is 0.900. The first-order valence-electron chi connectivity index (χ1n) is 5.08. The van der Waals surface area contributed by atoms with Crippen LogP contribution in [0.15, 0.2) is 5.16 Å². The van der Waals surface area contributed by atoms with Gasteiger partial charge in [-0.05, 0) is 26.2 Å². The third-order valence-electron chi connectivity index (χ3n) is 3.07. The van der Waals surface area contributed by atoms with Crippen molar-refractivity contribution in [2.75, 3.05) is 0 Å². The van der Waals surface area contributed by atoms with Crippen LogP contribution in [0.25, 0.3) is 0 Å².